The minimum absolute atomic E-state index is 0.0562. The van der Waals surface area contributed by atoms with Crippen LogP contribution < -0.4 is 5.32 Å². The first kappa shape index (κ1) is 37.9. The highest BCUT2D eigenvalue weighted by atomic mass is 35.5. The highest BCUT2D eigenvalue weighted by molar-refractivity contribution is 7.90. The Bertz CT molecular complexity index is 1780. The molecule has 1 heterocycles. The number of benzene rings is 3. The van der Waals surface area contributed by atoms with Gasteiger partial charge in [0.2, 0.25) is 10.0 Å². The quantitative estimate of drug-likeness (QED) is 0.210. The van der Waals surface area contributed by atoms with Gasteiger partial charge in [0.1, 0.15) is 5.82 Å². The Hall–Kier alpha value is -2.87. The third kappa shape index (κ3) is 9.86. The van der Waals surface area contributed by atoms with Crippen molar-refractivity contribution in [1.29, 1.82) is 0 Å². The van der Waals surface area contributed by atoms with Crippen LogP contribution in [-0.4, -0.2) is 81.6 Å². The van der Waals surface area contributed by atoms with Crippen molar-refractivity contribution in [1.82, 2.24) is 14.5 Å². The van der Waals surface area contributed by atoms with E-state index in [0.29, 0.717) is 24.2 Å². The SMILES string of the molecule is CCCN(CCC)C(=O)c1cccc(S(=O)(=O)N(CCc2cc(F)cc(Cl)c2)CC(O)CNC2CS(=O)(=O)Cc3ccc(CC)cc32)c1. The fourth-order valence-corrected chi connectivity index (χ4v) is 9.43. The number of hydrogen-bond donors (Lipinski definition) is 2. The molecule has 0 saturated carbocycles. The van der Waals surface area contributed by atoms with Crippen molar-refractivity contribution in [2.24, 2.45) is 0 Å². The lowest BCUT2D eigenvalue weighted by Gasteiger charge is -2.29. The average Bonchev–Trinajstić information content (AvgIpc) is 3.04. The van der Waals surface area contributed by atoms with Gasteiger partial charge in [-0.3, -0.25) is 4.79 Å². The van der Waals surface area contributed by atoms with Gasteiger partial charge in [-0.2, -0.15) is 4.31 Å². The van der Waals surface area contributed by atoms with Crippen molar-refractivity contribution < 1.29 is 31.1 Å². The van der Waals surface area contributed by atoms with Crippen molar-refractivity contribution in [3.05, 3.63) is 99.3 Å². The van der Waals surface area contributed by atoms with Gasteiger partial charge < -0.3 is 15.3 Å². The van der Waals surface area contributed by atoms with Crippen LogP contribution in [-0.2, 0) is 38.5 Å². The summed E-state index contributed by atoms with van der Waals surface area (Å²) in [7, 11) is -7.65. The summed E-state index contributed by atoms with van der Waals surface area (Å²) in [6, 6.07) is 15.0. The molecule has 0 bridgehead atoms. The van der Waals surface area contributed by atoms with E-state index in [-0.39, 0.29) is 58.9 Å². The molecule has 1 amide bonds. The Morgan fingerprint density at radius 1 is 1.02 bits per heavy atom. The van der Waals surface area contributed by atoms with Gasteiger partial charge in [0, 0.05) is 49.4 Å². The molecule has 0 spiro atoms. The molecule has 1 aliphatic heterocycles. The number of sulfone groups is 1. The normalized spacial score (nSPS) is 16.4. The monoisotopic (exact) mass is 721 g/mol. The number of nitrogens with one attached hydrogen (secondary N) is 1. The molecule has 0 aromatic heterocycles. The lowest BCUT2D eigenvalue weighted by atomic mass is 9.98. The van der Waals surface area contributed by atoms with Crippen LogP contribution in [0.15, 0.2) is 65.6 Å². The Morgan fingerprint density at radius 2 is 1.75 bits per heavy atom. The standard InChI is InChI=1S/C35H45ClFN3O6S2/c1-4-13-39(14-5-2)35(42)27-8-7-9-32(19-27)48(45,46)40(15-12-26-16-29(36)20-30(37)17-26)22-31(41)21-38-34-24-47(43,44)23-28-11-10-25(6-3)18-33(28)34/h7-11,16-20,31,34,38,41H,4-6,12-15,21-24H2,1-3H3. The fourth-order valence-electron chi connectivity index (χ4n) is 6.00. The van der Waals surface area contributed by atoms with Crippen LogP contribution in [0.3, 0.4) is 0 Å². The lowest BCUT2D eigenvalue weighted by molar-refractivity contribution is 0.0755. The van der Waals surface area contributed by atoms with Gasteiger partial charge in [0.25, 0.3) is 5.91 Å². The molecule has 0 fully saturated rings. The van der Waals surface area contributed by atoms with E-state index >= 15 is 0 Å². The van der Waals surface area contributed by atoms with Crippen LogP contribution in [0.25, 0.3) is 0 Å². The number of amides is 1. The van der Waals surface area contributed by atoms with Crippen molar-refractivity contribution >= 4 is 37.4 Å². The van der Waals surface area contributed by atoms with Gasteiger partial charge in [0.05, 0.1) is 22.5 Å². The summed E-state index contributed by atoms with van der Waals surface area (Å²) in [5.41, 5.74) is 3.33. The Labute approximate surface area is 289 Å². The number of carbonyl (C=O) groups is 1. The molecule has 2 atom stereocenters. The molecule has 13 heteroatoms. The van der Waals surface area contributed by atoms with Crippen LogP contribution in [0.1, 0.15) is 72.3 Å². The van der Waals surface area contributed by atoms with Crippen LogP contribution >= 0.6 is 11.6 Å². The summed E-state index contributed by atoms with van der Waals surface area (Å²) in [5.74, 6) is -1.02. The van der Waals surface area contributed by atoms with E-state index in [1.807, 2.05) is 39.0 Å². The Kier molecular flexibility index (Phi) is 13.2. The van der Waals surface area contributed by atoms with Crippen molar-refractivity contribution in [2.45, 2.75) is 69.2 Å². The zero-order valence-corrected chi connectivity index (χ0v) is 30.1. The van der Waals surface area contributed by atoms with E-state index in [9.17, 15) is 31.1 Å². The zero-order chi connectivity index (χ0) is 35.1. The average molecular weight is 722 g/mol. The first-order valence-corrected chi connectivity index (χ1v) is 20.0. The highest BCUT2D eigenvalue weighted by Gasteiger charge is 2.32. The van der Waals surface area contributed by atoms with Gasteiger partial charge in [0.15, 0.2) is 9.84 Å². The van der Waals surface area contributed by atoms with Crippen molar-refractivity contribution in [2.75, 3.05) is 38.5 Å². The van der Waals surface area contributed by atoms with Gasteiger partial charge in [-0.25, -0.2) is 21.2 Å². The fraction of sp³-hybridized carbons (Fsp3) is 0.457. The summed E-state index contributed by atoms with van der Waals surface area (Å²) in [6.07, 6.45) is 1.16. The number of carbonyl (C=O) groups excluding carboxylic acids is 1. The first-order chi connectivity index (χ1) is 22.8. The van der Waals surface area contributed by atoms with E-state index in [2.05, 4.69) is 5.32 Å². The van der Waals surface area contributed by atoms with Crippen molar-refractivity contribution in [3.63, 3.8) is 0 Å². The molecule has 262 valence electrons. The number of halogens is 2. The third-order valence-electron chi connectivity index (χ3n) is 8.37. The van der Waals surface area contributed by atoms with E-state index in [1.54, 1.807) is 17.0 Å². The molecular weight excluding hydrogens is 677 g/mol. The summed E-state index contributed by atoms with van der Waals surface area (Å²) < 4.78 is 68.9. The van der Waals surface area contributed by atoms with Crippen molar-refractivity contribution in [3.8, 4) is 0 Å². The summed E-state index contributed by atoms with van der Waals surface area (Å²) in [5, 5.41) is 14.5. The predicted molar refractivity (Wildman–Crippen MR) is 187 cm³/mol. The molecule has 0 radical (unpaired) electrons. The largest absolute Gasteiger partial charge is 0.390 e. The number of aliphatic hydroxyl groups is 1. The van der Waals surface area contributed by atoms with Crippen LogP contribution in [0.2, 0.25) is 5.02 Å². The summed E-state index contributed by atoms with van der Waals surface area (Å²) >= 11 is 6.04. The second-order valence-electron chi connectivity index (χ2n) is 12.3. The molecular formula is C35H45ClFN3O6S2. The highest BCUT2D eigenvalue weighted by Crippen LogP contribution is 2.30. The molecule has 48 heavy (non-hydrogen) atoms. The van der Waals surface area contributed by atoms with Gasteiger partial charge in [-0.1, -0.05) is 56.6 Å². The first-order valence-electron chi connectivity index (χ1n) is 16.3. The number of nitrogens with zero attached hydrogens (tertiary/aromatic N) is 2. The van der Waals surface area contributed by atoms with Crippen LogP contribution in [0, 0.1) is 5.82 Å². The van der Waals surface area contributed by atoms with E-state index < -0.39 is 37.8 Å². The van der Waals surface area contributed by atoms with E-state index in [1.165, 1.54) is 24.3 Å². The molecule has 3 aromatic rings. The molecule has 3 aromatic carbocycles. The van der Waals surface area contributed by atoms with E-state index in [4.69, 9.17) is 11.6 Å². The molecule has 2 unspecified atom stereocenters. The topological polar surface area (TPSA) is 124 Å². The molecule has 2 N–H and O–H groups in total. The number of aryl methyl sites for hydroxylation is 1. The minimum atomic E-state index is -4.26. The Balaban J connectivity index is 1.59. The maximum Gasteiger partial charge on any atom is 0.253 e. The van der Waals surface area contributed by atoms with Crippen LogP contribution in [0.5, 0.6) is 0 Å². The second kappa shape index (κ2) is 16.7. The number of fused-ring (bicyclic) bond motifs is 1. The number of sulfonamides is 1. The van der Waals surface area contributed by atoms with Gasteiger partial charge in [-0.05, 0) is 84.3 Å². The summed E-state index contributed by atoms with van der Waals surface area (Å²) in [6.45, 7) is 6.48. The summed E-state index contributed by atoms with van der Waals surface area (Å²) in [4.78, 5) is 14.9. The molecule has 1 aliphatic rings. The molecule has 9 nitrogen and oxygen atoms in total. The number of hydrogen-bond acceptors (Lipinski definition) is 7. The third-order valence-corrected chi connectivity index (χ3v) is 12.0. The molecule has 0 aliphatic carbocycles. The zero-order valence-electron chi connectivity index (χ0n) is 27.7. The second-order valence-corrected chi connectivity index (χ2v) is 16.8. The minimum Gasteiger partial charge on any atom is -0.390 e. The Morgan fingerprint density at radius 3 is 2.42 bits per heavy atom. The van der Waals surface area contributed by atoms with E-state index in [0.717, 1.165) is 40.8 Å². The number of aliphatic hydroxyl groups excluding tert-OH is 1. The van der Waals surface area contributed by atoms with Crippen LogP contribution in [0.4, 0.5) is 4.39 Å². The maximum atomic E-state index is 14.1. The molecule has 4 rings (SSSR count). The number of rotatable bonds is 16. The van der Waals surface area contributed by atoms with Gasteiger partial charge in [-0.15, -0.1) is 0 Å². The lowest BCUT2D eigenvalue weighted by Crippen LogP contribution is -2.44. The smallest absolute Gasteiger partial charge is 0.253 e. The predicted octanol–water partition coefficient (Wildman–Crippen LogP) is 5.16. The molecule has 0 saturated heterocycles. The maximum absolute atomic E-state index is 14.1. The van der Waals surface area contributed by atoms with Gasteiger partial charge >= 0.3 is 0 Å².